The van der Waals surface area contributed by atoms with Gasteiger partial charge < -0.3 is 39.1 Å². The standard InChI is InChI=1S/C24H47FN2O8/c1-5-6-21(4)35-19-23(28)26-7-8-30-9-10-31-11-12-32-13-14-33-15-16-34-18-22(25)17-27-24(29)20(2)3/h20-22H,5-19H2,1-4H3,(H,26,28)(H,27,29). The number of alkyl halides is 1. The summed E-state index contributed by atoms with van der Waals surface area (Å²) >= 11 is 0. The number of amides is 2. The smallest absolute Gasteiger partial charge is 0.246 e. The molecule has 0 radical (unpaired) electrons. The van der Waals surface area contributed by atoms with Crippen LogP contribution in [0.2, 0.25) is 0 Å². The van der Waals surface area contributed by atoms with Crippen molar-refractivity contribution in [2.75, 3.05) is 85.8 Å². The normalized spacial score (nSPS) is 13.1. The van der Waals surface area contributed by atoms with E-state index in [4.69, 9.17) is 28.4 Å². The van der Waals surface area contributed by atoms with Crippen molar-refractivity contribution < 1.29 is 42.4 Å². The van der Waals surface area contributed by atoms with E-state index in [1.54, 1.807) is 13.8 Å². The second-order valence-electron chi connectivity index (χ2n) is 8.28. The lowest BCUT2D eigenvalue weighted by Crippen LogP contribution is -2.35. The van der Waals surface area contributed by atoms with Crippen LogP contribution in [0.15, 0.2) is 0 Å². The second-order valence-corrected chi connectivity index (χ2v) is 8.28. The molecule has 208 valence electrons. The number of hydrogen-bond acceptors (Lipinski definition) is 8. The number of rotatable bonds is 25. The maximum absolute atomic E-state index is 13.6. The minimum absolute atomic E-state index is 0.0490. The number of ether oxygens (including phenoxy) is 6. The first kappa shape index (κ1) is 33.6. The Morgan fingerprint density at radius 1 is 0.771 bits per heavy atom. The highest BCUT2D eigenvalue weighted by atomic mass is 19.1. The van der Waals surface area contributed by atoms with Crippen LogP contribution < -0.4 is 10.6 Å². The highest BCUT2D eigenvalue weighted by Crippen LogP contribution is 1.99. The Bertz CT molecular complexity index is 514. The summed E-state index contributed by atoms with van der Waals surface area (Å²) in [4.78, 5) is 23.0. The van der Waals surface area contributed by atoms with Gasteiger partial charge in [-0.25, -0.2) is 4.39 Å². The van der Waals surface area contributed by atoms with Crippen molar-refractivity contribution in [3.05, 3.63) is 0 Å². The summed E-state index contributed by atoms with van der Waals surface area (Å²) in [5.41, 5.74) is 0. The summed E-state index contributed by atoms with van der Waals surface area (Å²) in [6.45, 7) is 11.6. The molecular formula is C24H47FN2O8. The minimum Gasteiger partial charge on any atom is -0.377 e. The first-order valence-corrected chi connectivity index (χ1v) is 12.6. The third-order valence-corrected chi connectivity index (χ3v) is 4.57. The Hall–Kier alpha value is -1.37. The fourth-order valence-electron chi connectivity index (χ4n) is 2.59. The molecule has 2 atom stereocenters. The Labute approximate surface area is 209 Å². The first-order valence-electron chi connectivity index (χ1n) is 12.6. The van der Waals surface area contributed by atoms with E-state index in [2.05, 4.69) is 17.6 Å². The van der Waals surface area contributed by atoms with Crippen molar-refractivity contribution in [2.45, 2.75) is 52.8 Å². The van der Waals surface area contributed by atoms with Gasteiger partial charge in [0.15, 0.2) is 0 Å². The summed E-state index contributed by atoms with van der Waals surface area (Å²) in [6, 6.07) is 0. The largest absolute Gasteiger partial charge is 0.377 e. The zero-order valence-electron chi connectivity index (χ0n) is 22.0. The third-order valence-electron chi connectivity index (χ3n) is 4.57. The topological polar surface area (TPSA) is 114 Å². The van der Waals surface area contributed by atoms with Crippen molar-refractivity contribution in [1.29, 1.82) is 0 Å². The number of carbonyl (C=O) groups is 2. The van der Waals surface area contributed by atoms with Crippen LogP contribution in [0, 0.1) is 5.92 Å². The number of halogens is 1. The van der Waals surface area contributed by atoms with E-state index in [0.717, 1.165) is 12.8 Å². The van der Waals surface area contributed by atoms with Crippen LogP contribution in [0.25, 0.3) is 0 Å². The molecular weight excluding hydrogens is 463 g/mol. The van der Waals surface area contributed by atoms with Crippen LogP contribution in [-0.2, 0) is 38.0 Å². The fraction of sp³-hybridized carbons (Fsp3) is 0.917. The van der Waals surface area contributed by atoms with Crippen LogP contribution in [-0.4, -0.2) is 110 Å². The second kappa shape index (κ2) is 24.3. The molecule has 2 unspecified atom stereocenters. The Morgan fingerprint density at radius 2 is 1.29 bits per heavy atom. The van der Waals surface area contributed by atoms with Crippen LogP contribution >= 0.6 is 0 Å². The van der Waals surface area contributed by atoms with E-state index in [1.165, 1.54) is 0 Å². The molecule has 10 nitrogen and oxygen atoms in total. The lowest BCUT2D eigenvalue weighted by Gasteiger charge is -2.12. The van der Waals surface area contributed by atoms with E-state index in [-0.39, 0.29) is 50.2 Å². The Kier molecular flexibility index (Phi) is 23.4. The molecule has 0 aliphatic carbocycles. The van der Waals surface area contributed by atoms with Gasteiger partial charge in [0.1, 0.15) is 12.8 Å². The van der Waals surface area contributed by atoms with Gasteiger partial charge in [-0.05, 0) is 13.3 Å². The molecule has 0 rings (SSSR count). The molecule has 0 saturated carbocycles. The SMILES string of the molecule is CCCC(C)OCC(=O)NCCOCCOCCOCCOCCOCC(F)CNC(=O)C(C)C. The van der Waals surface area contributed by atoms with Crippen molar-refractivity contribution in [3.8, 4) is 0 Å². The predicted octanol–water partition coefficient (Wildman–Crippen LogP) is 1.50. The molecule has 35 heavy (non-hydrogen) atoms. The maximum atomic E-state index is 13.6. The van der Waals surface area contributed by atoms with Gasteiger partial charge in [-0.15, -0.1) is 0 Å². The van der Waals surface area contributed by atoms with Crippen molar-refractivity contribution in [3.63, 3.8) is 0 Å². The maximum Gasteiger partial charge on any atom is 0.246 e. The lowest BCUT2D eigenvalue weighted by molar-refractivity contribution is -0.127. The van der Waals surface area contributed by atoms with Crippen molar-refractivity contribution >= 4 is 11.8 Å². The predicted molar refractivity (Wildman–Crippen MR) is 130 cm³/mol. The average Bonchev–Trinajstić information content (AvgIpc) is 2.83. The molecule has 2 N–H and O–H groups in total. The Morgan fingerprint density at radius 3 is 1.80 bits per heavy atom. The number of hydrogen-bond donors (Lipinski definition) is 2. The van der Waals surface area contributed by atoms with Gasteiger partial charge in [0.05, 0.1) is 78.7 Å². The summed E-state index contributed by atoms with van der Waals surface area (Å²) < 4.78 is 45.7. The molecule has 0 aromatic rings. The number of nitrogens with one attached hydrogen (secondary N) is 2. The van der Waals surface area contributed by atoms with E-state index in [1.807, 2.05) is 6.92 Å². The van der Waals surface area contributed by atoms with E-state index >= 15 is 0 Å². The monoisotopic (exact) mass is 510 g/mol. The van der Waals surface area contributed by atoms with E-state index < -0.39 is 6.17 Å². The summed E-state index contributed by atoms with van der Waals surface area (Å²) in [7, 11) is 0. The number of carbonyl (C=O) groups excluding carboxylic acids is 2. The highest BCUT2D eigenvalue weighted by molar-refractivity contribution is 5.77. The molecule has 0 spiro atoms. The zero-order valence-corrected chi connectivity index (χ0v) is 22.0. The minimum atomic E-state index is -1.24. The molecule has 0 saturated heterocycles. The molecule has 11 heteroatoms. The van der Waals surface area contributed by atoms with Crippen LogP contribution in [0.3, 0.4) is 0 Å². The van der Waals surface area contributed by atoms with Crippen molar-refractivity contribution in [2.24, 2.45) is 5.92 Å². The van der Waals surface area contributed by atoms with Gasteiger partial charge in [-0.2, -0.15) is 0 Å². The van der Waals surface area contributed by atoms with Crippen LogP contribution in [0.1, 0.15) is 40.5 Å². The van der Waals surface area contributed by atoms with Crippen LogP contribution in [0.5, 0.6) is 0 Å². The first-order chi connectivity index (χ1) is 16.9. The summed E-state index contributed by atoms with van der Waals surface area (Å²) in [5.74, 6) is -0.480. The molecule has 2 amide bonds. The third kappa shape index (κ3) is 24.1. The van der Waals surface area contributed by atoms with Gasteiger partial charge in [0, 0.05) is 12.5 Å². The summed E-state index contributed by atoms with van der Waals surface area (Å²) in [6.07, 6.45) is 0.825. The van der Waals surface area contributed by atoms with E-state index in [9.17, 15) is 14.0 Å². The quantitative estimate of drug-likeness (QED) is 0.178. The van der Waals surface area contributed by atoms with Gasteiger partial charge in [-0.3, -0.25) is 9.59 Å². The molecule has 0 heterocycles. The van der Waals surface area contributed by atoms with Crippen LogP contribution in [0.4, 0.5) is 4.39 Å². The Balaban J connectivity index is 3.26. The van der Waals surface area contributed by atoms with Gasteiger partial charge in [0.25, 0.3) is 0 Å². The molecule has 0 aromatic carbocycles. The average molecular weight is 511 g/mol. The highest BCUT2D eigenvalue weighted by Gasteiger charge is 2.11. The molecule has 0 aromatic heterocycles. The van der Waals surface area contributed by atoms with Gasteiger partial charge >= 0.3 is 0 Å². The zero-order chi connectivity index (χ0) is 26.2. The lowest BCUT2D eigenvalue weighted by atomic mass is 10.2. The van der Waals surface area contributed by atoms with E-state index in [0.29, 0.717) is 59.4 Å². The fourth-order valence-corrected chi connectivity index (χ4v) is 2.59. The van der Waals surface area contributed by atoms with Gasteiger partial charge in [-0.1, -0.05) is 27.2 Å². The molecule has 0 bridgehead atoms. The molecule has 0 fully saturated rings. The molecule has 0 aliphatic heterocycles. The van der Waals surface area contributed by atoms with Crippen molar-refractivity contribution in [1.82, 2.24) is 10.6 Å². The summed E-state index contributed by atoms with van der Waals surface area (Å²) in [5, 5.41) is 5.27. The van der Waals surface area contributed by atoms with Gasteiger partial charge in [0.2, 0.25) is 11.8 Å². The molecule has 0 aliphatic rings.